The van der Waals surface area contributed by atoms with Crippen molar-refractivity contribution in [1.29, 1.82) is 0 Å². The van der Waals surface area contributed by atoms with Gasteiger partial charge in [0, 0.05) is 12.6 Å². The minimum absolute atomic E-state index is 0.325. The molecule has 1 aromatic heterocycles. The van der Waals surface area contributed by atoms with Crippen LogP contribution >= 0.6 is 11.6 Å². The van der Waals surface area contributed by atoms with Gasteiger partial charge in [-0.25, -0.2) is 4.98 Å². The van der Waals surface area contributed by atoms with Crippen LogP contribution in [-0.2, 0) is 0 Å². The third-order valence-electron chi connectivity index (χ3n) is 1.30. The van der Waals surface area contributed by atoms with Crippen molar-refractivity contribution in [3.8, 4) is 0 Å². The van der Waals surface area contributed by atoms with Gasteiger partial charge in [-0.1, -0.05) is 11.6 Å². The number of anilines is 1. The summed E-state index contributed by atoms with van der Waals surface area (Å²) in [6.07, 6.45) is 2.26. The van der Waals surface area contributed by atoms with Crippen LogP contribution in [0, 0.1) is 0 Å². The van der Waals surface area contributed by atoms with Crippen molar-refractivity contribution < 1.29 is 4.79 Å². The third-order valence-corrected chi connectivity index (χ3v) is 1.51. The zero-order valence-electron chi connectivity index (χ0n) is 5.97. The molecule has 0 aromatic carbocycles. The molecular weight excluding hydrogens is 164 g/mol. The molecule has 1 aromatic rings. The number of nitrogens with one attached hydrogen (secondary N) is 1. The highest BCUT2D eigenvalue weighted by Gasteiger charge is 1.99. The summed E-state index contributed by atoms with van der Waals surface area (Å²) in [5.74, 6) is 0. The molecule has 58 valence electrons. The second-order valence-corrected chi connectivity index (χ2v) is 2.35. The Labute approximate surface area is 69.4 Å². The van der Waals surface area contributed by atoms with Gasteiger partial charge in [0.25, 0.3) is 0 Å². The van der Waals surface area contributed by atoms with Crippen molar-refractivity contribution in [3.05, 3.63) is 23.0 Å². The molecule has 0 unspecified atom stereocenters. The fourth-order valence-electron chi connectivity index (χ4n) is 0.750. The number of rotatable bonds is 2. The Morgan fingerprint density at radius 2 is 2.45 bits per heavy atom. The van der Waals surface area contributed by atoms with Gasteiger partial charge in [-0.05, 0) is 6.07 Å². The highest BCUT2D eigenvalue weighted by atomic mass is 35.5. The van der Waals surface area contributed by atoms with E-state index in [-0.39, 0.29) is 0 Å². The number of halogens is 1. The van der Waals surface area contributed by atoms with Crippen molar-refractivity contribution in [2.45, 2.75) is 0 Å². The van der Waals surface area contributed by atoms with Crippen molar-refractivity contribution in [1.82, 2.24) is 4.98 Å². The summed E-state index contributed by atoms with van der Waals surface area (Å²) in [5, 5.41) is 3.15. The van der Waals surface area contributed by atoms with Crippen LogP contribution in [-0.4, -0.2) is 18.3 Å². The second kappa shape index (κ2) is 3.34. The van der Waals surface area contributed by atoms with Gasteiger partial charge in [0.2, 0.25) is 0 Å². The van der Waals surface area contributed by atoms with Crippen LogP contribution in [0.25, 0.3) is 0 Å². The summed E-state index contributed by atoms with van der Waals surface area (Å²) in [6, 6.07) is 1.51. The lowest BCUT2D eigenvalue weighted by Gasteiger charge is -2.01. The molecule has 0 amide bonds. The van der Waals surface area contributed by atoms with E-state index in [9.17, 15) is 4.79 Å². The highest BCUT2D eigenvalue weighted by molar-refractivity contribution is 6.29. The number of aromatic nitrogens is 1. The molecule has 0 spiro atoms. The summed E-state index contributed by atoms with van der Waals surface area (Å²) >= 11 is 5.55. The van der Waals surface area contributed by atoms with Gasteiger partial charge in [0.05, 0.1) is 11.9 Å². The van der Waals surface area contributed by atoms with Crippen LogP contribution in [0.2, 0.25) is 5.15 Å². The Hall–Kier alpha value is -1.09. The number of carbonyl (C=O) groups excluding carboxylic acids is 1. The number of nitrogens with zero attached hydrogens (tertiary/aromatic N) is 1. The molecule has 0 saturated heterocycles. The van der Waals surface area contributed by atoms with E-state index in [2.05, 4.69) is 10.3 Å². The smallest absolute Gasteiger partial charge is 0.152 e. The minimum atomic E-state index is 0.325. The van der Waals surface area contributed by atoms with Gasteiger partial charge in [-0.3, -0.25) is 4.79 Å². The minimum Gasteiger partial charge on any atom is -0.386 e. The number of pyridine rings is 1. The van der Waals surface area contributed by atoms with E-state index in [0.717, 1.165) is 6.29 Å². The Morgan fingerprint density at radius 3 is 3.00 bits per heavy atom. The Kier molecular flexibility index (Phi) is 2.44. The van der Waals surface area contributed by atoms with Crippen LogP contribution < -0.4 is 5.32 Å². The van der Waals surface area contributed by atoms with Gasteiger partial charge in [-0.2, -0.15) is 0 Å². The van der Waals surface area contributed by atoms with Crippen molar-refractivity contribution in [2.75, 3.05) is 12.4 Å². The largest absolute Gasteiger partial charge is 0.386 e. The van der Waals surface area contributed by atoms with Crippen molar-refractivity contribution >= 4 is 23.6 Å². The molecule has 1 N–H and O–H groups in total. The lowest BCUT2D eigenvalue weighted by atomic mass is 10.2. The molecule has 0 saturated carbocycles. The first-order valence-electron chi connectivity index (χ1n) is 3.06. The van der Waals surface area contributed by atoms with Crippen LogP contribution in [0.5, 0.6) is 0 Å². The highest BCUT2D eigenvalue weighted by Crippen LogP contribution is 2.14. The fraction of sp³-hybridized carbons (Fsp3) is 0.143. The average molecular weight is 171 g/mol. The molecule has 4 heteroatoms. The zero-order valence-corrected chi connectivity index (χ0v) is 6.72. The monoisotopic (exact) mass is 170 g/mol. The Morgan fingerprint density at radius 1 is 1.73 bits per heavy atom. The summed E-state index contributed by atoms with van der Waals surface area (Å²) in [7, 11) is 1.72. The van der Waals surface area contributed by atoms with Gasteiger partial charge >= 0.3 is 0 Å². The van der Waals surface area contributed by atoms with Crippen LogP contribution in [0.15, 0.2) is 12.3 Å². The number of hydrogen-bond acceptors (Lipinski definition) is 3. The van der Waals surface area contributed by atoms with Gasteiger partial charge in [-0.15, -0.1) is 0 Å². The maximum Gasteiger partial charge on any atom is 0.152 e. The average Bonchev–Trinajstić information content (AvgIpc) is 2.04. The Balaban J connectivity index is 3.16. The van der Waals surface area contributed by atoms with E-state index >= 15 is 0 Å². The van der Waals surface area contributed by atoms with Gasteiger partial charge in [0.15, 0.2) is 6.29 Å². The molecule has 0 aliphatic heterocycles. The summed E-state index contributed by atoms with van der Waals surface area (Å²) in [5.41, 5.74) is 1.21. The summed E-state index contributed by atoms with van der Waals surface area (Å²) in [6.45, 7) is 0. The maximum atomic E-state index is 10.4. The quantitative estimate of drug-likeness (QED) is 0.542. The van der Waals surface area contributed by atoms with Crippen LogP contribution in [0.4, 0.5) is 5.69 Å². The lowest BCUT2D eigenvalue weighted by molar-refractivity contribution is 0.112. The molecule has 1 heterocycles. The van der Waals surface area contributed by atoms with E-state index in [1.165, 1.54) is 12.3 Å². The summed E-state index contributed by atoms with van der Waals surface area (Å²) in [4.78, 5) is 14.2. The predicted octanol–water partition coefficient (Wildman–Crippen LogP) is 1.59. The molecule has 0 aliphatic carbocycles. The standard InChI is InChI=1S/C7H7ClN2O/c1-9-6-3-10-7(8)2-5(6)4-11/h2-4,9H,1H3. The van der Waals surface area contributed by atoms with E-state index in [0.29, 0.717) is 16.4 Å². The predicted molar refractivity (Wildman–Crippen MR) is 44.2 cm³/mol. The van der Waals surface area contributed by atoms with E-state index in [1.54, 1.807) is 7.05 Å². The summed E-state index contributed by atoms with van der Waals surface area (Å²) < 4.78 is 0. The van der Waals surface area contributed by atoms with E-state index in [1.807, 2.05) is 0 Å². The van der Waals surface area contributed by atoms with Gasteiger partial charge < -0.3 is 5.32 Å². The molecule has 0 atom stereocenters. The molecule has 11 heavy (non-hydrogen) atoms. The van der Waals surface area contributed by atoms with Crippen molar-refractivity contribution in [2.24, 2.45) is 0 Å². The number of hydrogen-bond donors (Lipinski definition) is 1. The van der Waals surface area contributed by atoms with Crippen LogP contribution in [0.1, 0.15) is 10.4 Å². The third kappa shape index (κ3) is 1.68. The molecule has 0 bridgehead atoms. The lowest BCUT2D eigenvalue weighted by Crippen LogP contribution is -1.95. The second-order valence-electron chi connectivity index (χ2n) is 1.96. The fourth-order valence-corrected chi connectivity index (χ4v) is 0.917. The number of aldehydes is 1. The molecule has 0 fully saturated rings. The maximum absolute atomic E-state index is 10.4. The van der Waals surface area contributed by atoms with E-state index < -0.39 is 0 Å². The topological polar surface area (TPSA) is 42.0 Å². The molecule has 0 aliphatic rings. The molecular formula is C7H7ClN2O. The van der Waals surface area contributed by atoms with Gasteiger partial charge in [0.1, 0.15) is 5.15 Å². The first-order chi connectivity index (χ1) is 5.27. The Bertz CT molecular complexity index is 275. The van der Waals surface area contributed by atoms with Crippen molar-refractivity contribution in [3.63, 3.8) is 0 Å². The zero-order chi connectivity index (χ0) is 8.27. The first-order valence-corrected chi connectivity index (χ1v) is 3.44. The number of carbonyl (C=O) groups is 1. The normalized spacial score (nSPS) is 9.27. The van der Waals surface area contributed by atoms with Crippen LogP contribution in [0.3, 0.4) is 0 Å². The molecule has 3 nitrogen and oxygen atoms in total. The van der Waals surface area contributed by atoms with E-state index in [4.69, 9.17) is 11.6 Å². The molecule has 0 radical (unpaired) electrons. The SMILES string of the molecule is CNc1cnc(Cl)cc1C=O. The molecule has 1 rings (SSSR count). The first kappa shape index (κ1) is 8.01.